The van der Waals surface area contributed by atoms with E-state index in [1.807, 2.05) is 17.0 Å². The Morgan fingerprint density at radius 1 is 1.32 bits per heavy atom. The van der Waals surface area contributed by atoms with E-state index in [0.29, 0.717) is 25.4 Å². The summed E-state index contributed by atoms with van der Waals surface area (Å²) in [7, 11) is 0. The van der Waals surface area contributed by atoms with Gasteiger partial charge in [-0.25, -0.2) is 0 Å². The Morgan fingerprint density at radius 3 is 2.73 bits per heavy atom. The molecular weight excluding hydrogens is 278 g/mol. The van der Waals surface area contributed by atoms with Crippen LogP contribution in [0.1, 0.15) is 49.9 Å². The number of fused-ring (bicyclic) bond motifs is 1. The summed E-state index contributed by atoms with van der Waals surface area (Å²) in [5.74, 6) is 2.34. The molecule has 1 aliphatic heterocycles. The van der Waals surface area contributed by atoms with Crippen molar-refractivity contribution in [2.75, 3.05) is 6.54 Å². The van der Waals surface area contributed by atoms with Crippen molar-refractivity contribution in [1.29, 1.82) is 0 Å². The molecule has 0 fully saturated rings. The SMILES string of the molecule is CC(C)c1nnc2n1[C@@H](C)CN(C(=O)Cc1ccncc1)C2. The second-order valence-corrected chi connectivity index (χ2v) is 6.15. The van der Waals surface area contributed by atoms with Crippen LogP contribution in [0.25, 0.3) is 0 Å². The molecule has 0 radical (unpaired) electrons. The van der Waals surface area contributed by atoms with Gasteiger partial charge in [-0.05, 0) is 24.6 Å². The van der Waals surface area contributed by atoms with Crippen molar-refractivity contribution in [3.63, 3.8) is 0 Å². The predicted octanol–water partition coefficient (Wildman–Crippen LogP) is 1.94. The molecule has 6 nitrogen and oxygen atoms in total. The zero-order valence-corrected chi connectivity index (χ0v) is 13.2. The van der Waals surface area contributed by atoms with Crippen LogP contribution in [-0.2, 0) is 17.8 Å². The molecule has 0 saturated heterocycles. The third kappa shape index (κ3) is 2.73. The zero-order chi connectivity index (χ0) is 15.7. The van der Waals surface area contributed by atoms with E-state index >= 15 is 0 Å². The average Bonchev–Trinajstić information content (AvgIpc) is 2.93. The third-order valence-corrected chi connectivity index (χ3v) is 4.02. The average molecular weight is 299 g/mol. The number of aromatic nitrogens is 4. The van der Waals surface area contributed by atoms with Gasteiger partial charge < -0.3 is 9.47 Å². The minimum Gasteiger partial charge on any atom is -0.333 e. The van der Waals surface area contributed by atoms with Gasteiger partial charge in [-0.3, -0.25) is 9.78 Å². The molecular formula is C16H21N5O. The standard InChI is InChI=1S/C16H21N5O/c1-11(2)16-19-18-14-10-20(9-12(3)21(14)16)15(22)8-13-4-6-17-7-5-13/h4-7,11-12H,8-10H2,1-3H3/t12-/m0/s1. The molecule has 3 rings (SSSR count). The summed E-state index contributed by atoms with van der Waals surface area (Å²) >= 11 is 0. The third-order valence-electron chi connectivity index (χ3n) is 4.02. The zero-order valence-electron chi connectivity index (χ0n) is 13.2. The first-order valence-electron chi connectivity index (χ1n) is 7.66. The molecule has 0 aromatic carbocycles. The Morgan fingerprint density at radius 2 is 2.05 bits per heavy atom. The van der Waals surface area contributed by atoms with E-state index in [1.165, 1.54) is 0 Å². The van der Waals surface area contributed by atoms with Crippen LogP contribution in [0.2, 0.25) is 0 Å². The molecule has 6 heteroatoms. The van der Waals surface area contributed by atoms with E-state index in [0.717, 1.165) is 17.2 Å². The van der Waals surface area contributed by atoms with Crippen molar-refractivity contribution >= 4 is 5.91 Å². The fourth-order valence-electron chi connectivity index (χ4n) is 2.93. The number of amides is 1. The van der Waals surface area contributed by atoms with Crippen LogP contribution in [0.3, 0.4) is 0 Å². The summed E-state index contributed by atoms with van der Waals surface area (Å²) in [6.45, 7) is 7.59. The maximum absolute atomic E-state index is 12.5. The van der Waals surface area contributed by atoms with Crippen molar-refractivity contribution < 1.29 is 4.79 Å². The van der Waals surface area contributed by atoms with Crippen LogP contribution in [-0.4, -0.2) is 37.1 Å². The summed E-state index contributed by atoms with van der Waals surface area (Å²) in [4.78, 5) is 18.4. The topological polar surface area (TPSA) is 63.9 Å². The minimum absolute atomic E-state index is 0.124. The highest BCUT2D eigenvalue weighted by molar-refractivity contribution is 5.78. The summed E-state index contributed by atoms with van der Waals surface area (Å²) in [6, 6.07) is 3.97. The Balaban J connectivity index is 1.76. The largest absolute Gasteiger partial charge is 0.333 e. The quantitative estimate of drug-likeness (QED) is 0.869. The van der Waals surface area contributed by atoms with Crippen molar-refractivity contribution in [1.82, 2.24) is 24.6 Å². The molecule has 0 unspecified atom stereocenters. The number of carbonyl (C=O) groups is 1. The van der Waals surface area contributed by atoms with Crippen molar-refractivity contribution in [3.8, 4) is 0 Å². The summed E-state index contributed by atoms with van der Waals surface area (Å²) in [5.41, 5.74) is 0.988. The first-order valence-corrected chi connectivity index (χ1v) is 7.66. The van der Waals surface area contributed by atoms with Gasteiger partial charge in [0.1, 0.15) is 5.82 Å². The molecule has 2 aromatic rings. The molecule has 3 heterocycles. The van der Waals surface area contributed by atoms with Crippen LogP contribution in [0, 0.1) is 0 Å². The minimum atomic E-state index is 0.124. The second kappa shape index (κ2) is 5.87. The lowest BCUT2D eigenvalue weighted by molar-refractivity contribution is -0.132. The first kappa shape index (κ1) is 14.7. The van der Waals surface area contributed by atoms with E-state index in [-0.39, 0.29) is 11.9 Å². The molecule has 1 aliphatic rings. The fraction of sp³-hybridized carbons (Fsp3) is 0.500. The molecule has 22 heavy (non-hydrogen) atoms. The Bertz CT molecular complexity index is 664. The lowest BCUT2D eigenvalue weighted by atomic mass is 10.1. The maximum Gasteiger partial charge on any atom is 0.227 e. The Labute approximate surface area is 130 Å². The second-order valence-electron chi connectivity index (χ2n) is 6.15. The van der Waals surface area contributed by atoms with E-state index < -0.39 is 0 Å². The Kier molecular flexibility index (Phi) is 3.92. The summed E-state index contributed by atoms with van der Waals surface area (Å²) < 4.78 is 2.18. The highest BCUT2D eigenvalue weighted by Gasteiger charge is 2.29. The molecule has 2 aromatic heterocycles. The molecule has 0 N–H and O–H groups in total. The van der Waals surface area contributed by atoms with Crippen LogP contribution < -0.4 is 0 Å². The van der Waals surface area contributed by atoms with Crippen LogP contribution >= 0.6 is 0 Å². The number of hydrogen-bond acceptors (Lipinski definition) is 4. The van der Waals surface area contributed by atoms with Gasteiger partial charge >= 0.3 is 0 Å². The molecule has 0 saturated carbocycles. The van der Waals surface area contributed by atoms with Crippen molar-refractivity contribution in [2.45, 2.75) is 45.7 Å². The summed E-state index contributed by atoms with van der Waals surface area (Å²) in [5, 5.41) is 8.57. The van der Waals surface area contributed by atoms with Crippen LogP contribution in [0.5, 0.6) is 0 Å². The monoisotopic (exact) mass is 299 g/mol. The van der Waals surface area contributed by atoms with Gasteiger partial charge in [0, 0.05) is 24.9 Å². The van der Waals surface area contributed by atoms with Crippen LogP contribution in [0.15, 0.2) is 24.5 Å². The molecule has 0 spiro atoms. The molecule has 0 bridgehead atoms. The van der Waals surface area contributed by atoms with Gasteiger partial charge in [-0.15, -0.1) is 10.2 Å². The molecule has 1 amide bonds. The predicted molar refractivity (Wildman–Crippen MR) is 82.2 cm³/mol. The normalized spacial score (nSPS) is 17.6. The number of hydrogen-bond donors (Lipinski definition) is 0. The highest BCUT2D eigenvalue weighted by Crippen LogP contribution is 2.25. The first-order chi connectivity index (χ1) is 10.6. The number of pyridine rings is 1. The van der Waals surface area contributed by atoms with Crippen molar-refractivity contribution in [2.24, 2.45) is 0 Å². The lowest BCUT2D eigenvalue weighted by Gasteiger charge is -2.33. The van der Waals surface area contributed by atoms with Gasteiger partial charge in [0.15, 0.2) is 5.82 Å². The smallest absolute Gasteiger partial charge is 0.227 e. The summed E-state index contributed by atoms with van der Waals surface area (Å²) in [6.07, 6.45) is 3.83. The van der Waals surface area contributed by atoms with Gasteiger partial charge in [0.2, 0.25) is 5.91 Å². The lowest BCUT2D eigenvalue weighted by Crippen LogP contribution is -2.41. The van der Waals surface area contributed by atoms with E-state index in [1.54, 1.807) is 12.4 Å². The number of carbonyl (C=O) groups excluding carboxylic acids is 1. The van der Waals surface area contributed by atoms with Gasteiger partial charge in [0.05, 0.1) is 19.0 Å². The van der Waals surface area contributed by atoms with Gasteiger partial charge in [0.25, 0.3) is 0 Å². The molecule has 1 atom stereocenters. The fourth-order valence-corrected chi connectivity index (χ4v) is 2.93. The maximum atomic E-state index is 12.5. The van der Waals surface area contributed by atoms with E-state index in [2.05, 4.69) is 40.5 Å². The Hall–Kier alpha value is -2.24. The molecule has 0 aliphatic carbocycles. The number of rotatable bonds is 3. The number of nitrogens with zero attached hydrogens (tertiary/aromatic N) is 5. The highest BCUT2D eigenvalue weighted by atomic mass is 16.2. The van der Waals surface area contributed by atoms with E-state index in [9.17, 15) is 4.79 Å². The van der Waals surface area contributed by atoms with E-state index in [4.69, 9.17) is 0 Å². The van der Waals surface area contributed by atoms with Gasteiger partial charge in [-0.1, -0.05) is 13.8 Å². The molecule has 116 valence electrons. The van der Waals surface area contributed by atoms with Crippen molar-refractivity contribution in [3.05, 3.63) is 41.7 Å². The van der Waals surface area contributed by atoms with Crippen LogP contribution in [0.4, 0.5) is 0 Å². The van der Waals surface area contributed by atoms with Gasteiger partial charge in [-0.2, -0.15) is 0 Å².